The predicted molar refractivity (Wildman–Crippen MR) is 146 cm³/mol. The van der Waals surface area contributed by atoms with Gasteiger partial charge in [0.25, 0.3) is 11.8 Å². The van der Waals surface area contributed by atoms with Gasteiger partial charge in [-0.15, -0.1) is 0 Å². The molecule has 2 fully saturated rings. The van der Waals surface area contributed by atoms with Crippen molar-refractivity contribution in [2.24, 2.45) is 0 Å². The lowest BCUT2D eigenvalue weighted by Gasteiger charge is -2.41. The molecule has 4 rings (SSSR count). The van der Waals surface area contributed by atoms with Crippen molar-refractivity contribution in [3.63, 3.8) is 0 Å². The van der Waals surface area contributed by atoms with Crippen molar-refractivity contribution in [2.45, 2.75) is 24.9 Å². The first-order valence-corrected chi connectivity index (χ1v) is 12.9. The third-order valence-electron chi connectivity index (χ3n) is 7.09. The van der Waals surface area contributed by atoms with E-state index in [4.69, 9.17) is 0 Å². The second-order valence-corrected chi connectivity index (χ2v) is 10.1. The van der Waals surface area contributed by atoms with Crippen molar-refractivity contribution < 1.29 is 19.2 Å². The number of anilines is 2. The van der Waals surface area contributed by atoms with Gasteiger partial charge < -0.3 is 30.2 Å². The van der Waals surface area contributed by atoms with Crippen LogP contribution in [0, 0.1) is 0 Å². The zero-order valence-electron chi connectivity index (χ0n) is 22.4. The smallest absolute Gasteiger partial charge is 0.254 e. The third-order valence-corrected chi connectivity index (χ3v) is 7.09. The Morgan fingerprint density at radius 3 is 1.92 bits per heavy atom. The number of hydrogen-bond acceptors (Lipinski definition) is 6. The molecule has 0 aliphatic carbocycles. The van der Waals surface area contributed by atoms with E-state index in [0.29, 0.717) is 30.6 Å². The summed E-state index contributed by atoms with van der Waals surface area (Å²) in [7, 11) is 7.69. The maximum absolute atomic E-state index is 13.5. The van der Waals surface area contributed by atoms with Gasteiger partial charge in [-0.1, -0.05) is 0 Å². The number of carbonyl (C=O) groups is 4. The Bertz CT molecular complexity index is 1180. The number of benzene rings is 2. The molecular weight excluding hydrogens is 484 g/mol. The van der Waals surface area contributed by atoms with E-state index in [0.717, 1.165) is 17.8 Å². The molecule has 2 aromatic carbocycles. The van der Waals surface area contributed by atoms with E-state index >= 15 is 0 Å². The van der Waals surface area contributed by atoms with Crippen LogP contribution in [0.2, 0.25) is 0 Å². The Kier molecular flexibility index (Phi) is 8.19. The topological polar surface area (TPSA) is 105 Å². The lowest BCUT2D eigenvalue weighted by Crippen LogP contribution is -2.63. The van der Waals surface area contributed by atoms with Crippen molar-refractivity contribution in [1.29, 1.82) is 0 Å². The molecule has 10 heteroatoms. The molecule has 0 bridgehead atoms. The second kappa shape index (κ2) is 11.5. The molecule has 0 radical (unpaired) electrons. The number of hydrogen-bond donors (Lipinski definition) is 2. The van der Waals surface area contributed by atoms with E-state index in [9.17, 15) is 19.2 Å². The summed E-state index contributed by atoms with van der Waals surface area (Å²) < 4.78 is 0. The van der Waals surface area contributed by atoms with E-state index in [1.54, 1.807) is 29.2 Å². The van der Waals surface area contributed by atoms with Crippen LogP contribution < -0.4 is 20.4 Å². The Morgan fingerprint density at radius 1 is 0.842 bits per heavy atom. The van der Waals surface area contributed by atoms with Crippen LogP contribution in [-0.4, -0.2) is 99.9 Å². The summed E-state index contributed by atoms with van der Waals surface area (Å²) in [6, 6.07) is 12.9. The molecule has 0 spiro atoms. The first kappa shape index (κ1) is 27.0. The zero-order valence-corrected chi connectivity index (χ0v) is 22.4. The van der Waals surface area contributed by atoms with E-state index in [2.05, 4.69) is 10.6 Å². The fraction of sp³-hybridized carbons (Fsp3) is 0.429. The Balaban J connectivity index is 1.56. The van der Waals surface area contributed by atoms with E-state index < -0.39 is 18.0 Å². The maximum atomic E-state index is 13.5. The molecule has 202 valence electrons. The van der Waals surface area contributed by atoms with E-state index in [1.165, 1.54) is 4.90 Å². The number of piperazine rings is 1. The van der Waals surface area contributed by atoms with Crippen molar-refractivity contribution >= 4 is 35.0 Å². The van der Waals surface area contributed by atoms with Gasteiger partial charge in [0.05, 0.1) is 6.54 Å². The van der Waals surface area contributed by atoms with Gasteiger partial charge in [0.15, 0.2) is 0 Å². The zero-order chi connectivity index (χ0) is 27.4. The van der Waals surface area contributed by atoms with Crippen LogP contribution in [-0.2, 0) is 9.59 Å². The van der Waals surface area contributed by atoms with Crippen LogP contribution in [0.4, 0.5) is 11.4 Å². The highest BCUT2D eigenvalue weighted by Crippen LogP contribution is 2.21. The van der Waals surface area contributed by atoms with Gasteiger partial charge in [-0.05, 0) is 61.4 Å². The average molecular weight is 521 g/mol. The molecule has 0 saturated carbocycles. The van der Waals surface area contributed by atoms with Gasteiger partial charge >= 0.3 is 0 Å². The molecule has 0 aromatic heterocycles. The summed E-state index contributed by atoms with van der Waals surface area (Å²) in [6.45, 7) is 1.11. The van der Waals surface area contributed by atoms with Crippen molar-refractivity contribution in [1.82, 2.24) is 20.4 Å². The highest BCUT2D eigenvalue weighted by Gasteiger charge is 2.39. The lowest BCUT2D eigenvalue weighted by atomic mass is 10.0. The molecular formula is C28H36N6O4. The molecule has 2 aromatic rings. The lowest BCUT2D eigenvalue weighted by molar-refractivity contribution is -0.133. The molecule has 10 nitrogen and oxygen atoms in total. The van der Waals surface area contributed by atoms with Crippen LogP contribution >= 0.6 is 0 Å². The first-order chi connectivity index (χ1) is 18.2. The van der Waals surface area contributed by atoms with Gasteiger partial charge in [-0.2, -0.15) is 0 Å². The van der Waals surface area contributed by atoms with E-state index in [-0.39, 0.29) is 30.8 Å². The summed E-state index contributed by atoms with van der Waals surface area (Å²) >= 11 is 0. The van der Waals surface area contributed by atoms with Gasteiger partial charge in [0.1, 0.15) is 12.1 Å². The summed E-state index contributed by atoms with van der Waals surface area (Å²) in [4.78, 5) is 59.7. The monoisotopic (exact) mass is 520 g/mol. The maximum Gasteiger partial charge on any atom is 0.254 e. The second-order valence-electron chi connectivity index (χ2n) is 10.1. The fourth-order valence-electron chi connectivity index (χ4n) is 4.77. The minimum atomic E-state index is -0.926. The molecule has 2 aliphatic heterocycles. The van der Waals surface area contributed by atoms with Gasteiger partial charge in [-0.3, -0.25) is 19.2 Å². The standard InChI is InChI=1S/C28H36N6O4/c1-31(2)21-11-7-19(8-12-21)27(37)33-16-17-34(28(38)20-9-13-22(14-10-20)32(3)4)24(18-33)26(36)30-23-6-5-15-29-25(23)35/h7-14,23-24H,5-6,15-18H2,1-4H3,(H,29,35)(H,30,36)/t23-,24-/m1/s1. The molecule has 0 unspecified atom stereocenters. The van der Waals surface area contributed by atoms with E-state index in [1.807, 2.05) is 62.3 Å². The number of nitrogens with zero attached hydrogens (tertiary/aromatic N) is 4. The van der Waals surface area contributed by atoms with Crippen LogP contribution in [0.3, 0.4) is 0 Å². The quantitative estimate of drug-likeness (QED) is 0.593. The normalized spacial score (nSPS) is 19.4. The molecule has 4 amide bonds. The minimum Gasteiger partial charge on any atom is -0.378 e. The SMILES string of the molecule is CN(C)c1ccc(C(=O)N2CCN(C(=O)c3ccc(N(C)C)cc3)[C@@H](C(=O)N[C@@H]3CCCNC3=O)C2)cc1. The van der Waals surface area contributed by atoms with Crippen LogP contribution in [0.5, 0.6) is 0 Å². The Morgan fingerprint density at radius 2 is 1.39 bits per heavy atom. The summed E-state index contributed by atoms with van der Waals surface area (Å²) in [5.74, 6) is -1.16. The largest absolute Gasteiger partial charge is 0.378 e. The molecule has 2 aliphatic rings. The van der Waals surface area contributed by atoms with Crippen LogP contribution in [0.15, 0.2) is 48.5 Å². The molecule has 2 N–H and O–H groups in total. The summed E-state index contributed by atoms with van der Waals surface area (Å²) in [6.07, 6.45) is 1.29. The van der Waals surface area contributed by atoms with Crippen molar-refractivity contribution in [3.05, 3.63) is 59.7 Å². The molecule has 2 heterocycles. The number of carbonyl (C=O) groups excluding carboxylic acids is 4. The third kappa shape index (κ3) is 5.90. The number of amides is 4. The van der Waals surface area contributed by atoms with Crippen molar-refractivity contribution in [2.75, 3.05) is 64.2 Å². The van der Waals surface area contributed by atoms with Crippen molar-refractivity contribution in [3.8, 4) is 0 Å². The van der Waals surface area contributed by atoms with Gasteiger partial charge in [0, 0.05) is 70.3 Å². The highest BCUT2D eigenvalue weighted by atomic mass is 16.2. The average Bonchev–Trinajstić information content (AvgIpc) is 2.93. The minimum absolute atomic E-state index is 0.0377. The summed E-state index contributed by atoms with van der Waals surface area (Å²) in [5.41, 5.74) is 2.90. The van der Waals surface area contributed by atoms with Gasteiger partial charge in [0.2, 0.25) is 11.8 Å². The van der Waals surface area contributed by atoms with Crippen LogP contribution in [0.1, 0.15) is 33.6 Å². The molecule has 2 saturated heterocycles. The fourth-order valence-corrected chi connectivity index (χ4v) is 4.77. The van der Waals surface area contributed by atoms with Gasteiger partial charge in [-0.25, -0.2) is 0 Å². The number of nitrogens with one attached hydrogen (secondary N) is 2. The number of piperidine rings is 1. The first-order valence-electron chi connectivity index (χ1n) is 12.9. The molecule has 38 heavy (non-hydrogen) atoms. The Labute approximate surface area is 223 Å². The van der Waals surface area contributed by atoms with Crippen LogP contribution in [0.25, 0.3) is 0 Å². The highest BCUT2D eigenvalue weighted by molar-refractivity contribution is 6.00. The predicted octanol–water partition coefficient (Wildman–Crippen LogP) is 1.18. The number of rotatable bonds is 6. The Hall–Kier alpha value is -4.08. The summed E-state index contributed by atoms with van der Waals surface area (Å²) in [5, 5.41) is 5.59. The molecule has 2 atom stereocenters.